The van der Waals surface area contributed by atoms with Crippen LogP contribution in [-0.2, 0) is 28.5 Å². The Labute approximate surface area is 162 Å². The van der Waals surface area contributed by atoms with Crippen LogP contribution in [0.4, 0.5) is 0 Å². The highest BCUT2D eigenvalue weighted by Gasteiger charge is 2.14. The van der Waals surface area contributed by atoms with Gasteiger partial charge in [0.1, 0.15) is 12.7 Å². The van der Waals surface area contributed by atoms with Crippen molar-refractivity contribution >= 4 is 31.2 Å². The van der Waals surface area contributed by atoms with Crippen LogP contribution < -0.4 is 0 Å². The van der Waals surface area contributed by atoms with E-state index in [4.69, 9.17) is 23.7 Å². The number of esters is 1. The molecule has 0 N–H and O–H groups in total. The summed E-state index contributed by atoms with van der Waals surface area (Å²) in [5.74, 6) is 0.649. The Morgan fingerprint density at radius 3 is 2.40 bits per heavy atom. The largest absolute Gasteiger partial charge is 0.463 e. The van der Waals surface area contributed by atoms with Crippen LogP contribution in [0.1, 0.15) is 32.1 Å². The minimum Gasteiger partial charge on any atom is -0.463 e. The Balaban J connectivity index is 2.13. The van der Waals surface area contributed by atoms with Crippen LogP contribution in [0.5, 0.6) is 0 Å². The maximum atomic E-state index is 11.8. The zero-order valence-electron chi connectivity index (χ0n) is 14.9. The zero-order chi connectivity index (χ0) is 18.2. The summed E-state index contributed by atoms with van der Waals surface area (Å²) in [4.78, 5) is 11.8. The first-order chi connectivity index (χ1) is 12.2. The predicted molar refractivity (Wildman–Crippen MR) is 103 cm³/mol. The molecule has 1 aliphatic heterocycles. The second-order valence-electron chi connectivity index (χ2n) is 5.89. The number of hydrogen-bond acceptors (Lipinski definition) is 8. The molecule has 0 aromatic heterocycles. The predicted octanol–water partition coefficient (Wildman–Crippen LogP) is 2.16. The molecular weight excluding hydrogens is 364 g/mol. The molecule has 1 saturated heterocycles. The molecule has 2 atom stereocenters. The third-order valence-corrected chi connectivity index (χ3v) is 4.46. The first-order valence-corrected chi connectivity index (χ1v) is 10.2. The number of unbranched alkanes of at least 4 members (excludes halogenated alkanes) is 1. The lowest BCUT2D eigenvalue weighted by molar-refractivity contribution is -0.151. The van der Waals surface area contributed by atoms with Gasteiger partial charge in [-0.05, 0) is 25.0 Å². The van der Waals surface area contributed by atoms with Gasteiger partial charge >= 0.3 is 5.97 Å². The Bertz CT molecular complexity index is 320. The molecule has 2 unspecified atom stereocenters. The maximum Gasteiger partial charge on any atom is 0.305 e. The van der Waals surface area contributed by atoms with E-state index < -0.39 is 0 Å². The van der Waals surface area contributed by atoms with Gasteiger partial charge in [-0.15, -0.1) is 0 Å². The van der Waals surface area contributed by atoms with E-state index in [2.05, 4.69) is 25.3 Å². The smallest absolute Gasteiger partial charge is 0.305 e. The van der Waals surface area contributed by atoms with Crippen molar-refractivity contribution in [3.63, 3.8) is 0 Å². The second-order valence-corrected chi connectivity index (χ2v) is 7.06. The lowest BCUT2D eigenvalue weighted by Crippen LogP contribution is -2.30. The number of carbonyl (C=O) groups is 1. The molecule has 1 heterocycles. The summed E-state index contributed by atoms with van der Waals surface area (Å²) >= 11 is 8.67. The molecule has 1 rings (SSSR count). The van der Waals surface area contributed by atoms with Crippen molar-refractivity contribution in [1.82, 2.24) is 0 Å². The number of thiol groups is 2. The van der Waals surface area contributed by atoms with Crippen molar-refractivity contribution in [2.75, 3.05) is 58.6 Å². The van der Waals surface area contributed by atoms with Crippen molar-refractivity contribution < 1.29 is 28.5 Å². The Morgan fingerprint density at radius 1 is 1.00 bits per heavy atom. The number of hydrogen-bond donors (Lipinski definition) is 2. The van der Waals surface area contributed by atoms with E-state index in [9.17, 15) is 4.79 Å². The van der Waals surface area contributed by atoms with E-state index >= 15 is 0 Å². The number of rotatable bonds is 9. The molecule has 0 amide bonds. The summed E-state index contributed by atoms with van der Waals surface area (Å²) in [5.41, 5.74) is 0. The Kier molecular flexibility index (Phi) is 14.9. The van der Waals surface area contributed by atoms with Gasteiger partial charge < -0.3 is 23.7 Å². The van der Waals surface area contributed by atoms with E-state index in [0.717, 1.165) is 31.4 Å². The van der Waals surface area contributed by atoms with Crippen molar-refractivity contribution in [1.29, 1.82) is 0 Å². The minimum atomic E-state index is -0.274. The van der Waals surface area contributed by atoms with E-state index in [1.165, 1.54) is 0 Å². The highest BCUT2D eigenvalue weighted by atomic mass is 32.1. The summed E-state index contributed by atoms with van der Waals surface area (Å²) in [6, 6.07) is 0. The standard InChI is InChI=1S/C17H32O6S2/c18-17(4-2-1-3-16(25)5-12-24)23-14-15-13-21-9-8-19-6-7-20-10-11-22-15/h15-16,24-25H,1-14H2. The van der Waals surface area contributed by atoms with E-state index in [-0.39, 0.29) is 18.7 Å². The molecule has 8 heteroatoms. The quantitative estimate of drug-likeness (QED) is 0.354. The fraction of sp³-hybridized carbons (Fsp3) is 0.941. The molecule has 6 nitrogen and oxygen atoms in total. The van der Waals surface area contributed by atoms with E-state index in [1.807, 2.05) is 0 Å². The van der Waals surface area contributed by atoms with E-state index in [1.54, 1.807) is 0 Å². The first-order valence-electron chi connectivity index (χ1n) is 9.01. The normalized spacial score (nSPS) is 21.8. The first kappa shape index (κ1) is 23.0. The Morgan fingerprint density at radius 2 is 1.68 bits per heavy atom. The van der Waals surface area contributed by atoms with Crippen molar-refractivity contribution in [2.24, 2.45) is 0 Å². The highest BCUT2D eigenvalue weighted by Crippen LogP contribution is 2.13. The van der Waals surface area contributed by atoms with Gasteiger partial charge in [-0.2, -0.15) is 25.3 Å². The van der Waals surface area contributed by atoms with Gasteiger partial charge in [0, 0.05) is 11.7 Å². The monoisotopic (exact) mass is 396 g/mol. The zero-order valence-corrected chi connectivity index (χ0v) is 16.7. The topological polar surface area (TPSA) is 63.2 Å². The van der Waals surface area contributed by atoms with Crippen LogP contribution >= 0.6 is 25.3 Å². The molecule has 0 aromatic carbocycles. The lowest BCUT2D eigenvalue weighted by atomic mass is 10.1. The Hall–Kier alpha value is 0.01000. The molecular formula is C17H32O6S2. The second kappa shape index (κ2) is 16.2. The third-order valence-electron chi connectivity index (χ3n) is 3.69. The van der Waals surface area contributed by atoms with Crippen LogP contribution in [0.15, 0.2) is 0 Å². The van der Waals surface area contributed by atoms with Crippen molar-refractivity contribution in [3.05, 3.63) is 0 Å². The van der Waals surface area contributed by atoms with Gasteiger partial charge in [0.15, 0.2) is 0 Å². The van der Waals surface area contributed by atoms with Crippen LogP contribution in [-0.4, -0.2) is 75.9 Å². The summed E-state index contributed by atoms with van der Waals surface area (Å²) < 4.78 is 27.2. The van der Waals surface area contributed by atoms with Crippen LogP contribution in [0, 0.1) is 0 Å². The van der Waals surface area contributed by atoms with Crippen molar-refractivity contribution in [3.8, 4) is 0 Å². The van der Waals surface area contributed by atoms with Gasteiger partial charge in [0.25, 0.3) is 0 Å². The minimum absolute atomic E-state index is 0.195. The lowest BCUT2D eigenvalue weighted by Gasteiger charge is -2.19. The number of ether oxygens (including phenoxy) is 5. The molecule has 1 aliphatic rings. The molecule has 0 radical (unpaired) electrons. The van der Waals surface area contributed by atoms with Gasteiger partial charge in [-0.1, -0.05) is 6.42 Å². The fourth-order valence-corrected chi connectivity index (χ4v) is 3.10. The highest BCUT2D eigenvalue weighted by molar-refractivity contribution is 7.81. The van der Waals surface area contributed by atoms with Crippen LogP contribution in [0.25, 0.3) is 0 Å². The molecule has 25 heavy (non-hydrogen) atoms. The van der Waals surface area contributed by atoms with Crippen LogP contribution in [0.2, 0.25) is 0 Å². The SMILES string of the molecule is O=C(CCCCC(S)CCS)OCC1COCCOCCOCCO1. The van der Waals surface area contributed by atoms with Gasteiger partial charge in [-0.25, -0.2) is 0 Å². The van der Waals surface area contributed by atoms with Crippen LogP contribution in [0.3, 0.4) is 0 Å². The molecule has 0 aromatic rings. The molecule has 148 valence electrons. The van der Waals surface area contributed by atoms with Gasteiger partial charge in [0.2, 0.25) is 0 Å². The molecule has 0 saturated carbocycles. The maximum absolute atomic E-state index is 11.8. The van der Waals surface area contributed by atoms with E-state index in [0.29, 0.717) is 57.9 Å². The number of carbonyl (C=O) groups excluding carboxylic acids is 1. The third kappa shape index (κ3) is 13.8. The summed E-state index contributed by atoms with van der Waals surface area (Å²) in [6.45, 7) is 3.64. The summed E-state index contributed by atoms with van der Waals surface area (Å²) in [7, 11) is 0. The molecule has 0 aliphatic carbocycles. The molecule has 1 fully saturated rings. The summed E-state index contributed by atoms with van der Waals surface area (Å²) in [5, 5.41) is 0.362. The molecule has 0 spiro atoms. The van der Waals surface area contributed by atoms with Gasteiger partial charge in [0.05, 0.1) is 46.2 Å². The summed E-state index contributed by atoms with van der Waals surface area (Å²) in [6.07, 6.45) is 3.92. The average Bonchev–Trinajstić information content (AvgIpc) is 2.58. The fourth-order valence-electron chi connectivity index (χ4n) is 2.27. The average molecular weight is 397 g/mol. The molecule has 0 bridgehead atoms. The van der Waals surface area contributed by atoms with Gasteiger partial charge in [-0.3, -0.25) is 4.79 Å². The van der Waals surface area contributed by atoms with Crippen molar-refractivity contribution in [2.45, 2.75) is 43.5 Å².